The Labute approximate surface area is 288 Å². The smallest absolute Gasteiger partial charge is 0.332 e. The molecule has 2 aromatic carbocycles. The second kappa shape index (κ2) is 13.5. The number of likely N-dealkylation sites (tertiary alicyclic amines) is 1. The Hall–Kier alpha value is -4.53. The molecule has 0 spiro atoms. The first kappa shape index (κ1) is 33.4. The van der Waals surface area contributed by atoms with Gasteiger partial charge in [0.05, 0.1) is 18.6 Å². The van der Waals surface area contributed by atoms with Crippen molar-refractivity contribution in [1.29, 1.82) is 0 Å². The number of methoxy groups -OCH3 is 1. The molecule has 2 aliphatic rings. The van der Waals surface area contributed by atoms with E-state index in [1.54, 1.807) is 47.4 Å². The zero-order valence-electron chi connectivity index (χ0n) is 26.2. The van der Waals surface area contributed by atoms with Crippen LogP contribution in [0.1, 0.15) is 30.4 Å². The van der Waals surface area contributed by atoms with Crippen molar-refractivity contribution < 1.29 is 23.9 Å². The topological polar surface area (TPSA) is 138 Å². The maximum atomic E-state index is 13.3. The lowest BCUT2D eigenvalue weighted by Crippen LogP contribution is -2.44. The maximum Gasteiger partial charge on any atom is 0.332 e. The van der Waals surface area contributed by atoms with Gasteiger partial charge in [0.15, 0.2) is 22.7 Å². The van der Waals surface area contributed by atoms with Crippen molar-refractivity contribution >= 4 is 69.3 Å². The molecule has 2 fully saturated rings. The molecule has 2 aromatic heterocycles. The van der Waals surface area contributed by atoms with E-state index in [0.717, 1.165) is 40.5 Å². The molecule has 0 bridgehead atoms. The van der Waals surface area contributed by atoms with Crippen LogP contribution in [-0.4, -0.2) is 72.3 Å². The fourth-order valence-corrected chi connectivity index (χ4v) is 6.90. The lowest BCUT2D eigenvalue weighted by Gasteiger charge is -2.27. The van der Waals surface area contributed by atoms with E-state index in [1.165, 1.54) is 30.3 Å². The van der Waals surface area contributed by atoms with Crippen molar-refractivity contribution in [2.24, 2.45) is 14.1 Å². The van der Waals surface area contributed by atoms with Gasteiger partial charge in [0, 0.05) is 37.2 Å². The molecule has 6 rings (SSSR count). The first-order valence-corrected chi connectivity index (χ1v) is 16.5. The highest BCUT2D eigenvalue weighted by Gasteiger charge is 2.37. The van der Waals surface area contributed by atoms with Gasteiger partial charge in [-0.05, 0) is 72.5 Å². The van der Waals surface area contributed by atoms with E-state index in [-0.39, 0.29) is 52.6 Å². The van der Waals surface area contributed by atoms with Gasteiger partial charge >= 0.3 is 11.7 Å². The molecular weight excluding hydrogens is 683 g/mol. The monoisotopic (exact) mass is 712 g/mol. The van der Waals surface area contributed by atoms with Crippen LogP contribution in [0.5, 0.6) is 17.5 Å². The van der Waals surface area contributed by atoms with E-state index >= 15 is 0 Å². The van der Waals surface area contributed by atoms with Crippen LogP contribution in [-0.2, 0) is 30.2 Å². The number of imidazole rings is 1. The number of hydrogen-bond acceptors (Lipinski definition) is 9. The van der Waals surface area contributed by atoms with Gasteiger partial charge in [-0.2, -0.15) is 4.98 Å². The zero-order valence-corrected chi connectivity index (χ0v) is 28.5. The summed E-state index contributed by atoms with van der Waals surface area (Å²) in [7, 11) is 4.31. The summed E-state index contributed by atoms with van der Waals surface area (Å²) in [4.78, 5) is 71.9. The molecule has 0 aliphatic carbocycles. The number of ether oxygens (including phenoxy) is 2. The van der Waals surface area contributed by atoms with Gasteiger partial charge in [-0.1, -0.05) is 35.3 Å². The average Bonchev–Trinajstić information content (AvgIpc) is 3.56. The number of aromatic nitrogens is 4. The molecule has 4 heterocycles. The lowest BCUT2D eigenvalue weighted by atomic mass is 10.1. The molecule has 2 aliphatic heterocycles. The lowest BCUT2D eigenvalue weighted by molar-refractivity contribution is -0.136. The number of halogens is 2. The minimum absolute atomic E-state index is 0.0140. The van der Waals surface area contributed by atoms with Crippen LogP contribution in [0.15, 0.2) is 50.9 Å². The van der Waals surface area contributed by atoms with Gasteiger partial charge in [-0.3, -0.25) is 37.8 Å². The van der Waals surface area contributed by atoms with E-state index in [1.807, 2.05) is 0 Å². The molecular formula is C32H30Cl2N6O7S. The van der Waals surface area contributed by atoms with Crippen molar-refractivity contribution in [3.63, 3.8) is 0 Å². The standard InChI is InChI=1S/C32H30Cl2N6O7S/c1-36-27-26(29(43)37(2)31(36)44)39(16-19-8-9-20(33)15-21(19)34)30(35-27)47-22-10-7-18(13-23(22)46-3)14-24-28(42)40(32(45)48-24)17-25(41)38-11-5-4-6-12-38/h7-10,13-15H,4-6,11-12,16-17H2,1-3H3. The Morgan fingerprint density at radius 2 is 1.73 bits per heavy atom. The summed E-state index contributed by atoms with van der Waals surface area (Å²) in [6, 6.07) is 9.80. The summed E-state index contributed by atoms with van der Waals surface area (Å²) in [5, 5.41) is 0.289. The number of benzene rings is 2. The molecule has 250 valence electrons. The third kappa shape index (κ3) is 6.34. The molecule has 0 saturated carbocycles. The third-order valence-electron chi connectivity index (χ3n) is 8.22. The zero-order chi connectivity index (χ0) is 34.3. The van der Waals surface area contributed by atoms with Crippen LogP contribution < -0.4 is 20.7 Å². The van der Waals surface area contributed by atoms with Crippen LogP contribution in [0.4, 0.5) is 4.79 Å². The Morgan fingerprint density at radius 1 is 0.979 bits per heavy atom. The fraction of sp³-hybridized carbons (Fsp3) is 0.312. The molecule has 0 N–H and O–H groups in total. The molecule has 48 heavy (non-hydrogen) atoms. The summed E-state index contributed by atoms with van der Waals surface area (Å²) < 4.78 is 15.6. The maximum absolute atomic E-state index is 13.3. The fourth-order valence-electron chi connectivity index (χ4n) is 5.59. The SMILES string of the molecule is COc1cc(C=C2SC(=O)N(CC(=O)N3CCCCC3)C2=O)ccc1Oc1nc2c(c(=O)n(C)c(=O)n2C)n1Cc1ccc(Cl)cc1Cl. The predicted molar refractivity (Wildman–Crippen MR) is 182 cm³/mol. The number of imide groups is 1. The van der Waals surface area contributed by atoms with Gasteiger partial charge < -0.3 is 14.4 Å². The molecule has 0 atom stereocenters. The molecule has 13 nitrogen and oxygen atoms in total. The highest BCUT2D eigenvalue weighted by molar-refractivity contribution is 8.18. The summed E-state index contributed by atoms with van der Waals surface area (Å²) in [5.74, 6) is -0.316. The molecule has 0 unspecified atom stereocenters. The minimum Gasteiger partial charge on any atom is -0.493 e. The van der Waals surface area contributed by atoms with Crippen LogP contribution in [0.2, 0.25) is 10.0 Å². The van der Waals surface area contributed by atoms with Crippen molar-refractivity contribution in [3.8, 4) is 17.5 Å². The number of piperidine rings is 1. The number of carbonyl (C=O) groups excluding carboxylic acids is 3. The molecule has 0 radical (unpaired) electrons. The number of rotatable bonds is 8. The molecule has 4 aromatic rings. The summed E-state index contributed by atoms with van der Waals surface area (Å²) in [5.41, 5.74) is 0.239. The summed E-state index contributed by atoms with van der Waals surface area (Å²) in [6.07, 6.45) is 4.41. The number of amides is 3. The summed E-state index contributed by atoms with van der Waals surface area (Å²) in [6.45, 7) is 1.01. The average molecular weight is 714 g/mol. The number of fused-ring (bicyclic) bond motifs is 1. The first-order chi connectivity index (χ1) is 23.0. The molecule has 16 heteroatoms. The van der Waals surface area contributed by atoms with Gasteiger partial charge in [0.1, 0.15) is 6.54 Å². The van der Waals surface area contributed by atoms with Crippen molar-refractivity contribution in [1.82, 2.24) is 28.5 Å². The molecule has 2 saturated heterocycles. The van der Waals surface area contributed by atoms with Crippen molar-refractivity contribution in [3.05, 3.63) is 83.3 Å². The van der Waals surface area contributed by atoms with Crippen LogP contribution >= 0.6 is 35.0 Å². The van der Waals surface area contributed by atoms with E-state index in [0.29, 0.717) is 34.3 Å². The normalized spacial score (nSPS) is 16.0. The Balaban J connectivity index is 1.31. The van der Waals surface area contributed by atoms with Gasteiger partial charge in [-0.25, -0.2) is 4.79 Å². The number of hydrogen-bond donors (Lipinski definition) is 0. The van der Waals surface area contributed by atoms with Crippen molar-refractivity contribution in [2.45, 2.75) is 25.8 Å². The second-order valence-corrected chi connectivity index (χ2v) is 13.2. The number of thioether (sulfide) groups is 1. The number of carbonyl (C=O) groups is 3. The van der Waals surface area contributed by atoms with E-state index in [9.17, 15) is 24.0 Å². The third-order valence-corrected chi connectivity index (χ3v) is 9.71. The first-order valence-electron chi connectivity index (χ1n) is 15.0. The number of aryl methyl sites for hydroxylation is 1. The molecule has 3 amide bonds. The van der Waals surface area contributed by atoms with Crippen molar-refractivity contribution in [2.75, 3.05) is 26.7 Å². The van der Waals surface area contributed by atoms with Gasteiger partial charge in [0.25, 0.3) is 16.7 Å². The Bertz CT molecular complexity index is 2130. The van der Waals surface area contributed by atoms with Gasteiger partial charge in [0.2, 0.25) is 5.91 Å². The Kier molecular flexibility index (Phi) is 9.41. The van der Waals surface area contributed by atoms with Gasteiger partial charge in [-0.15, -0.1) is 0 Å². The Morgan fingerprint density at radius 3 is 2.44 bits per heavy atom. The van der Waals surface area contributed by atoms with Crippen LogP contribution in [0.25, 0.3) is 17.2 Å². The highest BCUT2D eigenvalue weighted by atomic mass is 35.5. The predicted octanol–water partition coefficient (Wildman–Crippen LogP) is 4.64. The van der Waals surface area contributed by atoms with E-state index in [4.69, 9.17) is 32.7 Å². The highest BCUT2D eigenvalue weighted by Crippen LogP contribution is 2.37. The minimum atomic E-state index is -0.575. The summed E-state index contributed by atoms with van der Waals surface area (Å²) >= 11 is 13.3. The quantitative estimate of drug-likeness (QED) is 0.239. The van der Waals surface area contributed by atoms with Crippen LogP contribution in [0, 0.1) is 0 Å². The largest absolute Gasteiger partial charge is 0.493 e. The second-order valence-electron chi connectivity index (χ2n) is 11.3. The van der Waals surface area contributed by atoms with E-state index in [2.05, 4.69) is 4.98 Å². The number of nitrogens with zero attached hydrogens (tertiary/aromatic N) is 6. The van der Waals surface area contributed by atoms with Crippen LogP contribution in [0.3, 0.4) is 0 Å². The van der Waals surface area contributed by atoms with E-state index < -0.39 is 22.4 Å².